The van der Waals surface area contributed by atoms with Crippen molar-refractivity contribution < 1.29 is 38.3 Å². The predicted molar refractivity (Wildman–Crippen MR) is 29.4 cm³/mol. The molecule has 0 saturated carbocycles. The molecule has 13 N–H and O–H groups in total. The van der Waals surface area contributed by atoms with Crippen LogP contribution in [-0.2, 0) is 0 Å². The smallest absolute Gasteiger partial charge is 0.870 e. The quantitative estimate of drug-likeness (QED) is 0.302. The Morgan fingerprint density at radius 1 is 0.375 bits per heavy atom. The van der Waals surface area contributed by atoms with Crippen molar-refractivity contribution in [2.24, 2.45) is 0 Å². The van der Waals surface area contributed by atoms with Gasteiger partial charge < -0.3 is 38.3 Å². The molecule has 0 heterocycles. The van der Waals surface area contributed by atoms with Gasteiger partial charge in [0.2, 0.25) is 0 Å². The Morgan fingerprint density at radius 3 is 0.375 bits per heavy atom. The van der Waals surface area contributed by atoms with Gasteiger partial charge in [0.05, 0.1) is 0 Å². The zero-order chi connectivity index (χ0) is 0. The average Bonchev–Trinajstić information content (AvgIpc) is 0. The van der Waals surface area contributed by atoms with Crippen LogP contribution in [0.2, 0.25) is 0 Å². The fraction of sp³-hybridized carbons (Fsp3) is 0. The molecule has 7 nitrogen and oxygen atoms in total. The van der Waals surface area contributed by atoms with Gasteiger partial charge in [-0.15, -0.1) is 0 Å². The Balaban J connectivity index is 0. The van der Waals surface area contributed by atoms with Crippen LogP contribution in [0.3, 0.4) is 0 Å². The van der Waals surface area contributed by atoms with Crippen molar-refractivity contribution in [2.45, 2.75) is 0 Å². The van der Waals surface area contributed by atoms with E-state index in [2.05, 4.69) is 0 Å². The summed E-state index contributed by atoms with van der Waals surface area (Å²) in [6.45, 7) is 0. The van der Waals surface area contributed by atoms with Crippen molar-refractivity contribution >= 4 is 23.1 Å². The molecule has 0 spiro atoms. The molecule has 0 unspecified atom stereocenters. The summed E-state index contributed by atoms with van der Waals surface area (Å²) >= 11 is 0. The predicted octanol–water partition coefficient (Wildman–Crippen LogP) is -5.51. The van der Waals surface area contributed by atoms with Gasteiger partial charge in [0, 0.05) is 0 Å². The Morgan fingerprint density at radius 2 is 0.375 bits per heavy atom. The fourth-order valence-corrected chi connectivity index (χ4v) is 0. The zero-order valence-corrected chi connectivity index (χ0v) is 5.57. The SMILES string of the molecule is O.O.O.O.O.O.[Mg+2].[OH-]. The van der Waals surface area contributed by atoms with Crippen LogP contribution < -0.4 is 0 Å². The largest absolute Gasteiger partial charge is 2.00 e. The molecule has 0 aromatic heterocycles. The first-order valence-corrected chi connectivity index (χ1v) is 0. The molecule has 0 aromatic carbocycles. The molecular formula is H13MgO7+. The Bertz CT molecular complexity index is 4.35. The zero-order valence-electron chi connectivity index (χ0n) is 4.15. The molecule has 0 aliphatic carbocycles. The van der Waals surface area contributed by atoms with Crippen LogP contribution in [0.15, 0.2) is 0 Å². The van der Waals surface area contributed by atoms with Gasteiger partial charge in [0.15, 0.2) is 0 Å². The van der Waals surface area contributed by atoms with Gasteiger partial charge in [-0.1, -0.05) is 0 Å². The van der Waals surface area contributed by atoms with Crippen LogP contribution in [0.4, 0.5) is 0 Å². The van der Waals surface area contributed by atoms with Gasteiger partial charge in [-0.2, -0.15) is 0 Å². The second kappa shape index (κ2) is 1330. The van der Waals surface area contributed by atoms with E-state index in [1.54, 1.807) is 0 Å². The summed E-state index contributed by atoms with van der Waals surface area (Å²) in [6, 6.07) is 0. The van der Waals surface area contributed by atoms with E-state index in [1.807, 2.05) is 0 Å². The van der Waals surface area contributed by atoms with E-state index in [0.29, 0.717) is 0 Å². The van der Waals surface area contributed by atoms with Gasteiger partial charge in [0.1, 0.15) is 0 Å². The monoisotopic (exact) mass is 149 g/mol. The Hall–Kier alpha value is 0.486. The van der Waals surface area contributed by atoms with E-state index in [1.165, 1.54) is 0 Å². The molecule has 0 aromatic rings. The van der Waals surface area contributed by atoms with Gasteiger partial charge in [0.25, 0.3) is 0 Å². The van der Waals surface area contributed by atoms with Crippen LogP contribution in [-0.4, -0.2) is 61.4 Å². The van der Waals surface area contributed by atoms with Crippen LogP contribution in [0, 0.1) is 0 Å². The molecule has 0 amide bonds. The number of rotatable bonds is 0. The van der Waals surface area contributed by atoms with Gasteiger partial charge in [-0.05, 0) is 0 Å². The minimum absolute atomic E-state index is 0. The van der Waals surface area contributed by atoms with E-state index >= 15 is 0 Å². The Kier molecular flexibility index (Phi) is 335000. The molecule has 8 heteroatoms. The maximum Gasteiger partial charge on any atom is 2.00 e. The number of hydrogen-bond acceptors (Lipinski definition) is 1. The average molecular weight is 149 g/mol. The first kappa shape index (κ1) is 2010. The van der Waals surface area contributed by atoms with E-state index < -0.39 is 0 Å². The molecule has 0 radical (unpaired) electrons. The summed E-state index contributed by atoms with van der Waals surface area (Å²) in [6.07, 6.45) is 0. The molecule has 0 rings (SSSR count). The third-order valence-electron chi connectivity index (χ3n) is 0. The van der Waals surface area contributed by atoms with Gasteiger partial charge in [-0.25, -0.2) is 0 Å². The topological polar surface area (TPSA) is 219 Å². The summed E-state index contributed by atoms with van der Waals surface area (Å²) in [5, 5.41) is 0. The molecule has 0 aliphatic heterocycles. The molecule has 0 aliphatic rings. The van der Waals surface area contributed by atoms with Gasteiger partial charge in [-0.3, -0.25) is 0 Å². The van der Waals surface area contributed by atoms with E-state index in [9.17, 15) is 0 Å². The van der Waals surface area contributed by atoms with Crippen LogP contribution in [0.25, 0.3) is 0 Å². The maximum absolute atomic E-state index is 0. The van der Waals surface area contributed by atoms with Crippen molar-refractivity contribution in [2.75, 3.05) is 0 Å². The summed E-state index contributed by atoms with van der Waals surface area (Å²) in [7, 11) is 0. The van der Waals surface area contributed by atoms with Gasteiger partial charge >= 0.3 is 23.1 Å². The molecular weight excluding hydrogens is 136 g/mol. The second-order valence-electron chi connectivity index (χ2n) is 0. The minimum atomic E-state index is 0. The first-order valence-electron chi connectivity index (χ1n) is 0. The van der Waals surface area contributed by atoms with E-state index in [0.717, 1.165) is 0 Å². The summed E-state index contributed by atoms with van der Waals surface area (Å²) in [5.74, 6) is 0. The Labute approximate surface area is 62.0 Å². The van der Waals surface area contributed by atoms with Crippen LogP contribution in [0.1, 0.15) is 0 Å². The van der Waals surface area contributed by atoms with Crippen molar-refractivity contribution in [3.63, 3.8) is 0 Å². The van der Waals surface area contributed by atoms with Crippen molar-refractivity contribution in [1.82, 2.24) is 0 Å². The van der Waals surface area contributed by atoms with Crippen molar-refractivity contribution in [3.05, 3.63) is 0 Å². The summed E-state index contributed by atoms with van der Waals surface area (Å²) in [5.41, 5.74) is 0. The normalized spacial score (nSPS) is 0. The summed E-state index contributed by atoms with van der Waals surface area (Å²) in [4.78, 5) is 0. The fourth-order valence-electron chi connectivity index (χ4n) is 0. The summed E-state index contributed by atoms with van der Waals surface area (Å²) < 4.78 is 0. The maximum atomic E-state index is 0. The molecule has 8 heavy (non-hydrogen) atoms. The van der Waals surface area contributed by atoms with Crippen LogP contribution >= 0.6 is 0 Å². The van der Waals surface area contributed by atoms with Crippen molar-refractivity contribution in [1.29, 1.82) is 0 Å². The third-order valence-corrected chi connectivity index (χ3v) is 0. The third kappa shape index (κ3) is 826. The van der Waals surface area contributed by atoms with E-state index in [-0.39, 0.29) is 61.4 Å². The molecule has 0 atom stereocenters. The molecule has 0 bridgehead atoms. The molecule has 0 fully saturated rings. The standard InChI is InChI=1S/Mg.7H2O/h;7*1H2/q+2;;;;;;;/p-1. The molecule has 0 saturated heterocycles. The number of hydrogen-bond donors (Lipinski definition) is 0. The minimum Gasteiger partial charge on any atom is -0.870 e. The van der Waals surface area contributed by atoms with E-state index in [4.69, 9.17) is 0 Å². The van der Waals surface area contributed by atoms with Crippen molar-refractivity contribution in [3.8, 4) is 0 Å². The van der Waals surface area contributed by atoms with Crippen LogP contribution in [0.5, 0.6) is 0 Å². The first-order chi connectivity index (χ1) is 0. The second-order valence-corrected chi connectivity index (χ2v) is 0. The molecule has 56 valence electrons.